The van der Waals surface area contributed by atoms with E-state index in [9.17, 15) is 13.6 Å². The number of hydrogen-bond donors (Lipinski definition) is 0. The number of halogens is 2. The van der Waals surface area contributed by atoms with Crippen molar-refractivity contribution < 1.29 is 13.6 Å². The van der Waals surface area contributed by atoms with Gasteiger partial charge in [0, 0.05) is 12.3 Å². The molecule has 0 unspecified atom stereocenters. The van der Waals surface area contributed by atoms with Gasteiger partial charge in [0.2, 0.25) is 0 Å². The van der Waals surface area contributed by atoms with Crippen LogP contribution in [0.5, 0.6) is 0 Å². The van der Waals surface area contributed by atoms with Gasteiger partial charge < -0.3 is 4.79 Å². The van der Waals surface area contributed by atoms with E-state index in [0.717, 1.165) is 11.8 Å². The molecule has 2 rings (SSSR count). The molecule has 92 valence electrons. The van der Waals surface area contributed by atoms with Gasteiger partial charge in [-0.1, -0.05) is 30.3 Å². The Morgan fingerprint density at radius 1 is 1.00 bits per heavy atom. The fourth-order valence-electron chi connectivity index (χ4n) is 1.99. The summed E-state index contributed by atoms with van der Waals surface area (Å²) in [7, 11) is 0. The van der Waals surface area contributed by atoms with Crippen molar-refractivity contribution in [3.05, 3.63) is 71.3 Å². The minimum absolute atomic E-state index is 0.173. The standard InChI is InChI=1S/C15H12F2O/c16-12-7-5-11(6-8-12)13(9-10-18)14-3-1-2-4-15(14)17/h1-8,10,13H,9H2/t13-/m0/s1. The van der Waals surface area contributed by atoms with Crippen molar-refractivity contribution in [3.63, 3.8) is 0 Å². The lowest BCUT2D eigenvalue weighted by Crippen LogP contribution is -2.04. The van der Waals surface area contributed by atoms with Crippen molar-refractivity contribution in [2.45, 2.75) is 12.3 Å². The van der Waals surface area contributed by atoms with Crippen molar-refractivity contribution in [3.8, 4) is 0 Å². The lowest BCUT2D eigenvalue weighted by Gasteiger charge is -2.16. The normalized spacial score (nSPS) is 12.1. The van der Waals surface area contributed by atoms with Crippen molar-refractivity contribution >= 4 is 6.29 Å². The third-order valence-corrected chi connectivity index (χ3v) is 2.88. The second-order valence-corrected chi connectivity index (χ2v) is 4.03. The minimum atomic E-state index is -0.371. The van der Waals surface area contributed by atoms with Crippen LogP contribution in [0.4, 0.5) is 8.78 Å². The first-order valence-electron chi connectivity index (χ1n) is 5.66. The first kappa shape index (κ1) is 12.4. The summed E-state index contributed by atoms with van der Waals surface area (Å²) in [5.41, 5.74) is 1.19. The molecule has 0 spiro atoms. The smallest absolute Gasteiger partial charge is 0.127 e. The Kier molecular flexibility index (Phi) is 3.82. The maximum Gasteiger partial charge on any atom is 0.127 e. The van der Waals surface area contributed by atoms with Crippen LogP contribution in [0.1, 0.15) is 23.5 Å². The molecule has 1 atom stereocenters. The van der Waals surface area contributed by atoms with E-state index >= 15 is 0 Å². The van der Waals surface area contributed by atoms with E-state index in [1.807, 2.05) is 0 Å². The van der Waals surface area contributed by atoms with Crippen molar-refractivity contribution in [2.75, 3.05) is 0 Å². The first-order chi connectivity index (χ1) is 8.72. The van der Waals surface area contributed by atoms with Crippen molar-refractivity contribution in [1.82, 2.24) is 0 Å². The predicted octanol–water partition coefficient (Wildman–Crippen LogP) is 3.69. The SMILES string of the molecule is O=CC[C@@H](c1ccc(F)cc1)c1ccccc1F. The van der Waals surface area contributed by atoms with Crippen LogP contribution in [-0.2, 0) is 4.79 Å². The van der Waals surface area contributed by atoms with Gasteiger partial charge in [-0.25, -0.2) is 8.78 Å². The average molecular weight is 246 g/mol. The zero-order valence-electron chi connectivity index (χ0n) is 9.64. The summed E-state index contributed by atoms with van der Waals surface area (Å²) in [5.74, 6) is -1.07. The highest BCUT2D eigenvalue weighted by Gasteiger charge is 2.17. The van der Waals surface area contributed by atoms with E-state index in [4.69, 9.17) is 0 Å². The molecular weight excluding hydrogens is 234 g/mol. The Morgan fingerprint density at radius 2 is 1.67 bits per heavy atom. The molecule has 0 saturated heterocycles. The molecular formula is C15H12F2O. The molecule has 0 aliphatic heterocycles. The van der Waals surface area contributed by atoms with Crippen LogP contribution in [0, 0.1) is 11.6 Å². The molecule has 0 aliphatic rings. The van der Waals surface area contributed by atoms with Crippen molar-refractivity contribution in [2.24, 2.45) is 0 Å². The Morgan fingerprint density at radius 3 is 2.28 bits per heavy atom. The van der Waals surface area contributed by atoms with E-state index in [2.05, 4.69) is 0 Å². The maximum atomic E-state index is 13.7. The molecule has 0 amide bonds. The zero-order chi connectivity index (χ0) is 13.0. The zero-order valence-corrected chi connectivity index (χ0v) is 9.64. The second kappa shape index (κ2) is 5.54. The summed E-state index contributed by atoms with van der Waals surface area (Å²) in [6.45, 7) is 0. The molecule has 1 nitrogen and oxygen atoms in total. The van der Waals surface area contributed by atoms with Crippen LogP contribution < -0.4 is 0 Å². The molecule has 0 aromatic heterocycles. The number of hydrogen-bond acceptors (Lipinski definition) is 1. The van der Waals surface area contributed by atoms with Gasteiger partial charge in [0.25, 0.3) is 0 Å². The van der Waals surface area contributed by atoms with Crippen molar-refractivity contribution in [1.29, 1.82) is 0 Å². The Balaban J connectivity index is 2.43. The number of rotatable bonds is 4. The summed E-state index contributed by atoms with van der Waals surface area (Å²) < 4.78 is 26.6. The van der Waals surface area contributed by atoms with Crippen LogP contribution in [-0.4, -0.2) is 6.29 Å². The molecule has 0 fully saturated rings. The molecule has 0 bridgehead atoms. The van der Waals surface area contributed by atoms with Gasteiger partial charge in [-0.05, 0) is 29.3 Å². The van der Waals surface area contributed by atoms with E-state index in [1.165, 1.54) is 18.2 Å². The third kappa shape index (κ3) is 2.62. The van der Waals surface area contributed by atoms with E-state index in [0.29, 0.717) is 5.56 Å². The van der Waals surface area contributed by atoms with Gasteiger partial charge >= 0.3 is 0 Å². The number of carbonyl (C=O) groups is 1. The summed E-state index contributed by atoms with van der Waals surface area (Å²) >= 11 is 0. The van der Waals surface area contributed by atoms with Crippen LogP contribution >= 0.6 is 0 Å². The molecule has 18 heavy (non-hydrogen) atoms. The van der Waals surface area contributed by atoms with Crippen LogP contribution in [0.25, 0.3) is 0 Å². The number of carbonyl (C=O) groups excluding carboxylic acids is 1. The molecule has 2 aromatic rings. The number of benzene rings is 2. The van der Waals surface area contributed by atoms with Crippen LogP contribution in [0.3, 0.4) is 0 Å². The average Bonchev–Trinajstić information content (AvgIpc) is 2.38. The van der Waals surface area contributed by atoms with Gasteiger partial charge in [-0.3, -0.25) is 0 Å². The molecule has 3 heteroatoms. The first-order valence-corrected chi connectivity index (χ1v) is 5.66. The topological polar surface area (TPSA) is 17.1 Å². The third-order valence-electron chi connectivity index (χ3n) is 2.88. The molecule has 2 aromatic carbocycles. The summed E-state index contributed by atoms with van der Waals surface area (Å²) in [5, 5.41) is 0. The van der Waals surface area contributed by atoms with Gasteiger partial charge in [0.1, 0.15) is 17.9 Å². The lowest BCUT2D eigenvalue weighted by atomic mass is 9.89. The van der Waals surface area contributed by atoms with Gasteiger partial charge in [-0.2, -0.15) is 0 Å². The molecule has 0 radical (unpaired) electrons. The molecule has 0 heterocycles. The Hall–Kier alpha value is -2.03. The monoisotopic (exact) mass is 246 g/mol. The van der Waals surface area contributed by atoms with Crippen LogP contribution in [0.2, 0.25) is 0 Å². The van der Waals surface area contributed by atoms with E-state index in [1.54, 1.807) is 30.3 Å². The maximum absolute atomic E-state index is 13.7. The highest BCUT2D eigenvalue weighted by molar-refractivity contribution is 5.54. The second-order valence-electron chi connectivity index (χ2n) is 4.03. The van der Waals surface area contributed by atoms with E-state index < -0.39 is 0 Å². The molecule has 0 N–H and O–H groups in total. The van der Waals surface area contributed by atoms with Gasteiger partial charge in [0.15, 0.2) is 0 Å². The highest BCUT2D eigenvalue weighted by atomic mass is 19.1. The van der Waals surface area contributed by atoms with Gasteiger partial charge in [-0.15, -0.1) is 0 Å². The molecule has 0 aliphatic carbocycles. The summed E-state index contributed by atoms with van der Waals surface area (Å²) in [4.78, 5) is 10.7. The minimum Gasteiger partial charge on any atom is -0.303 e. The van der Waals surface area contributed by atoms with Gasteiger partial charge in [0.05, 0.1) is 0 Å². The fraction of sp³-hybridized carbons (Fsp3) is 0.133. The predicted molar refractivity (Wildman–Crippen MR) is 65.3 cm³/mol. The summed E-state index contributed by atoms with van der Waals surface area (Å²) in [6, 6.07) is 12.1. The Labute approximate surface area is 104 Å². The van der Waals surface area contributed by atoms with E-state index in [-0.39, 0.29) is 24.0 Å². The Bertz CT molecular complexity index is 534. The highest BCUT2D eigenvalue weighted by Crippen LogP contribution is 2.29. The summed E-state index contributed by atoms with van der Waals surface area (Å²) in [6.07, 6.45) is 0.924. The largest absolute Gasteiger partial charge is 0.303 e. The molecule has 0 saturated carbocycles. The quantitative estimate of drug-likeness (QED) is 0.752. The lowest BCUT2D eigenvalue weighted by molar-refractivity contribution is -0.108. The van der Waals surface area contributed by atoms with Crippen LogP contribution in [0.15, 0.2) is 48.5 Å². The number of aldehydes is 1. The fourth-order valence-corrected chi connectivity index (χ4v) is 1.99.